The van der Waals surface area contributed by atoms with E-state index in [4.69, 9.17) is 0 Å². The fourth-order valence-electron chi connectivity index (χ4n) is 1.27. The Morgan fingerprint density at radius 3 is 2.92 bits per heavy atom. The van der Waals surface area contributed by atoms with Crippen molar-refractivity contribution in [2.24, 2.45) is 10.9 Å². The Hall–Kier alpha value is -0.180. The third kappa shape index (κ3) is 4.55. The molecule has 1 atom stereocenters. The van der Waals surface area contributed by atoms with E-state index in [2.05, 4.69) is 31.1 Å². The van der Waals surface area contributed by atoms with Crippen molar-refractivity contribution in [3.05, 3.63) is 0 Å². The van der Waals surface area contributed by atoms with Gasteiger partial charge in [0.2, 0.25) is 0 Å². The Morgan fingerprint density at radius 2 is 2.38 bits per heavy atom. The van der Waals surface area contributed by atoms with Crippen molar-refractivity contribution in [2.75, 3.05) is 12.3 Å². The standard InChI is InChI=1S/C10H20N2S/c1-8(2)5-4-6-11-10-12-9(3)7-13-10/h8-9H,4-7H2,1-3H3,(H,11,12). The van der Waals surface area contributed by atoms with Crippen LogP contribution in [0, 0.1) is 5.92 Å². The van der Waals surface area contributed by atoms with Gasteiger partial charge in [-0.2, -0.15) is 0 Å². The highest BCUT2D eigenvalue weighted by Crippen LogP contribution is 2.13. The van der Waals surface area contributed by atoms with Crippen LogP contribution < -0.4 is 5.32 Å². The average Bonchev–Trinajstić information content (AvgIpc) is 2.45. The number of hydrogen-bond donors (Lipinski definition) is 1. The van der Waals surface area contributed by atoms with Crippen molar-refractivity contribution in [2.45, 2.75) is 39.7 Å². The van der Waals surface area contributed by atoms with Crippen LogP contribution in [-0.2, 0) is 0 Å². The topological polar surface area (TPSA) is 24.4 Å². The monoisotopic (exact) mass is 200 g/mol. The lowest BCUT2D eigenvalue weighted by molar-refractivity contribution is 0.561. The molecule has 2 nitrogen and oxygen atoms in total. The van der Waals surface area contributed by atoms with Crippen LogP contribution in [-0.4, -0.2) is 23.5 Å². The predicted molar refractivity (Wildman–Crippen MR) is 61.4 cm³/mol. The van der Waals surface area contributed by atoms with Gasteiger partial charge in [-0.05, 0) is 25.7 Å². The second-order valence-electron chi connectivity index (χ2n) is 4.08. The number of rotatable bonds is 4. The number of nitrogens with one attached hydrogen (secondary N) is 1. The van der Waals surface area contributed by atoms with Gasteiger partial charge >= 0.3 is 0 Å². The van der Waals surface area contributed by atoms with Gasteiger partial charge in [-0.25, -0.2) is 0 Å². The first-order chi connectivity index (χ1) is 6.18. The van der Waals surface area contributed by atoms with E-state index in [9.17, 15) is 0 Å². The lowest BCUT2D eigenvalue weighted by Crippen LogP contribution is -2.23. The second kappa shape index (κ2) is 5.53. The van der Waals surface area contributed by atoms with Crippen LogP contribution in [0.4, 0.5) is 0 Å². The highest BCUT2D eigenvalue weighted by atomic mass is 32.2. The molecule has 1 aliphatic rings. The van der Waals surface area contributed by atoms with E-state index in [1.807, 2.05) is 11.8 Å². The molecule has 1 unspecified atom stereocenters. The summed E-state index contributed by atoms with van der Waals surface area (Å²) >= 11 is 1.85. The van der Waals surface area contributed by atoms with Gasteiger partial charge in [0.05, 0.1) is 0 Å². The molecule has 1 rings (SSSR count). The second-order valence-corrected chi connectivity index (χ2v) is 5.09. The van der Waals surface area contributed by atoms with Crippen LogP contribution in [0.2, 0.25) is 0 Å². The number of hydrogen-bond acceptors (Lipinski definition) is 2. The summed E-state index contributed by atoms with van der Waals surface area (Å²) in [5.74, 6) is 1.98. The molecule has 1 aliphatic heterocycles. The summed E-state index contributed by atoms with van der Waals surface area (Å²) in [6.07, 6.45) is 2.51. The van der Waals surface area contributed by atoms with Gasteiger partial charge in [-0.3, -0.25) is 4.99 Å². The van der Waals surface area contributed by atoms with Crippen LogP contribution in [0.25, 0.3) is 0 Å². The zero-order chi connectivity index (χ0) is 9.68. The number of nitrogens with zero attached hydrogens (tertiary/aromatic N) is 1. The first-order valence-corrected chi connectivity index (χ1v) is 6.11. The molecule has 0 spiro atoms. The number of aliphatic imine (C=N–C) groups is 1. The molecule has 1 fully saturated rings. The van der Waals surface area contributed by atoms with Gasteiger partial charge in [0, 0.05) is 18.3 Å². The van der Waals surface area contributed by atoms with Crippen molar-refractivity contribution >= 4 is 16.9 Å². The van der Waals surface area contributed by atoms with Gasteiger partial charge in [0.15, 0.2) is 5.17 Å². The molecule has 0 aromatic heterocycles. The normalized spacial score (nSPS) is 25.5. The first-order valence-electron chi connectivity index (χ1n) is 5.12. The van der Waals surface area contributed by atoms with Gasteiger partial charge in [-0.1, -0.05) is 25.6 Å². The third-order valence-corrected chi connectivity index (χ3v) is 3.22. The summed E-state index contributed by atoms with van der Waals surface area (Å²) in [5.41, 5.74) is 0. The highest BCUT2D eigenvalue weighted by Gasteiger charge is 2.14. The maximum absolute atomic E-state index is 4.51. The maximum Gasteiger partial charge on any atom is 0.156 e. The largest absolute Gasteiger partial charge is 0.362 e. The van der Waals surface area contributed by atoms with E-state index in [1.54, 1.807) is 0 Å². The molecule has 1 heterocycles. The van der Waals surface area contributed by atoms with E-state index in [0.29, 0.717) is 6.04 Å². The molecular formula is C10H20N2S. The van der Waals surface area contributed by atoms with Crippen molar-refractivity contribution in [3.8, 4) is 0 Å². The molecule has 0 aromatic carbocycles. The lowest BCUT2D eigenvalue weighted by atomic mass is 10.1. The number of amidine groups is 1. The molecule has 0 radical (unpaired) electrons. The third-order valence-electron chi connectivity index (χ3n) is 2.03. The van der Waals surface area contributed by atoms with Crippen LogP contribution in [0.3, 0.4) is 0 Å². The minimum absolute atomic E-state index is 0.605. The van der Waals surface area contributed by atoms with Crippen LogP contribution in [0.15, 0.2) is 4.99 Å². The molecular weight excluding hydrogens is 180 g/mol. The van der Waals surface area contributed by atoms with E-state index >= 15 is 0 Å². The summed E-state index contributed by atoms with van der Waals surface area (Å²) in [6.45, 7) is 7.71. The van der Waals surface area contributed by atoms with Crippen molar-refractivity contribution in [1.82, 2.24) is 5.32 Å². The van der Waals surface area contributed by atoms with Crippen LogP contribution in [0.5, 0.6) is 0 Å². The smallest absolute Gasteiger partial charge is 0.156 e. The van der Waals surface area contributed by atoms with E-state index in [0.717, 1.165) is 17.6 Å². The average molecular weight is 200 g/mol. The van der Waals surface area contributed by atoms with Gasteiger partial charge < -0.3 is 5.32 Å². The Bertz CT molecular complexity index is 178. The first kappa shape index (κ1) is 10.9. The quantitative estimate of drug-likeness (QED) is 0.705. The van der Waals surface area contributed by atoms with Gasteiger partial charge in [-0.15, -0.1) is 0 Å². The van der Waals surface area contributed by atoms with E-state index < -0.39 is 0 Å². The summed E-state index contributed by atoms with van der Waals surface area (Å²) in [7, 11) is 0. The molecule has 13 heavy (non-hydrogen) atoms. The zero-order valence-electron chi connectivity index (χ0n) is 8.84. The van der Waals surface area contributed by atoms with Crippen molar-refractivity contribution < 1.29 is 0 Å². The van der Waals surface area contributed by atoms with Crippen LogP contribution >= 0.6 is 11.8 Å². The minimum atomic E-state index is 0.605. The Morgan fingerprint density at radius 1 is 1.62 bits per heavy atom. The molecule has 76 valence electrons. The van der Waals surface area contributed by atoms with Gasteiger partial charge in [0.25, 0.3) is 0 Å². The van der Waals surface area contributed by atoms with Crippen LogP contribution in [0.1, 0.15) is 33.6 Å². The summed E-state index contributed by atoms with van der Waals surface area (Å²) in [5, 5.41) is 4.50. The number of thioether (sulfide) groups is 1. The maximum atomic E-state index is 4.51. The SMILES string of the molecule is CC(C)CCCN=C1NC(C)CS1. The van der Waals surface area contributed by atoms with E-state index in [1.165, 1.54) is 18.6 Å². The molecule has 1 saturated heterocycles. The predicted octanol–water partition coefficient (Wildman–Crippen LogP) is 2.50. The van der Waals surface area contributed by atoms with E-state index in [-0.39, 0.29) is 0 Å². The van der Waals surface area contributed by atoms with Crippen molar-refractivity contribution in [1.29, 1.82) is 0 Å². The molecule has 0 saturated carbocycles. The van der Waals surface area contributed by atoms with Gasteiger partial charge in [0.1, 0.15) is 0 Å². The molecule has 3 heteroatoms. The molecule has 0 aliphatic carbocycles. The minimum Gasteiger partial charge on any atom is -0.362 e. The Balaban J connectivity index is 2.10. The molecule has 0 bridgehead atoms. The Labute approximate surface area is 85.6 Å². The molecule has 0 aromatic rings. The zero-order valence-corrected chi connectivity index (χ0v) is 9.66. The fourth-order valence-corrected chi connectivity index (χ4v) is 2.23. The summed E-state index contributed by atoms with van der Waals surface area (Å²) in [4.78, 5) is 4.51. The Kier molecular flexibility index (Phi) is 4.64. The lowest BCUT2D eigenvalue weighted by Gasteiger charge is -2.03. The summed E-state index contributed by atoms with van der Waals surface area (Å²) in [6, 6.07) is 0.605. The van der Waals surface area contributed by atoms with Crippen molar-refractivity contribution in [3.63, 3.8) is 0 Å². The fraction of sp³-hybridized carbons (Fsp3) is 0.900. The molecule has 0 amide bonds. The molecule has 1 N–H and O–H groups in total. The summed E-state index contributed by atoms with van der Waals surface area (Å²) < 4.78 is 0. The highest BCUT2D eigenvalue weighted by molar-refractivity contribution is 8.14.